The predicted molar refractivity (Wildman–Crippen MR) is 146 cm³/mol. The summed E-state index contributed by atoms with van der Waals surface area (Å²) >= 11 is 14.4. The highest BCUT2D eigenvalue weighted by Crippen LogP contribution is 2.51. The van der Waals surface area contributed by atoms with Gasteiger partial charge in [0.2, 0.25) is 0 Å². The highest BCUT2D eigenvalue weighted by molar-refractivity contribution is 8.00. The van der Waals surface area contributed by atoms with E-state index in [-0.39, 0.29) is 17.0 Å². The number of piperidine rings is 1. The quantitative estimate of drug-likeness (QED) is 0.489. The van der Waals surface area contributed by atoms with Gasteiger partial charge in [-0.2, -0.15) is 0 Å². The molecule has 1 aliphatic carbocycles. The summed E-state index contributed by atoms with van der Waals surface area (Å²) in [4.78, 5) is 21.4. The summed E-state index contributed by atoms with van der Waals surface area (Å²) in [5.41, 5.74) is 10.00. The molecule has 3 aliphatic rings. The number of anilines is 1. The molecule has 0 saturated carbocycles. The first-order valence-corrected chi connectivity index (χ1v) is 13.9. The number of nitrogens with two attached hydrogens (primary N) is 1. The van der Waals surface area contributed by atoms with Crippen molar-refractivity contribution in [3.63, 3.8) is 0 Å². The third-order valence-corrected chi connectivity index (χ3v) is 9.83. The van der Waals surface area contributed by atoms with Crippen LogP contribution in [0.2, 0.25) is 10.0 Å². The summed E-state index contributed by atoms with van der Waals surface area (Å²) in [5, 5.41) is 1.30. The van der Waals surface area contributed by atoms with Gasteiger partial charge in [-0.3, -0.25) is 9.36 Å². The topological polar surface area (TPSA) is 73.4 Å². The second-order valence-corrected chi connectivity index (χ2v) is 12.2. The van der Waals surface area contributed by atoms with Crippen LogP contribution in [0.5, 0.6) is 0 Å². The van der Waals surface area contributed by atoms with E-state index in [0.717, 1.165) is 45.6 Å². The number of aryl methyl sites for hydroxylation is 1. The molecule has 6 rings (SSSR count). The molecule has 6 nitrogen and oxygen atoms in total. The van der Waals surface area contributed by atoms with Gasteiger partial charge < -0.3 is 15.4 Å². The Morgan fingerprint density at radius 3 is 2.61 bits per heavy atom. The fourth-order valence-corrected chi connectivity index (χ4v) is 7.20. The average Bonchev–Trinajstić information content (AvgIpc) is 3.10. The van der Waals surface area contributed by atoms with Crippen molar-refractivity contribution in [3.8, 4) is 5.69 Å². The van der Waals surface area contributed by atoms with Crippen molar-refractivity contribution in [1.82, 2.24) is 9.55 Å². The lowest BCUT2D eigenvalue weighted by molar-refractivity contribution is 0.0455. The lowest BCUT2D eigenvalue weighted by Gasteiger charge is -2.42. The smallest absolute Gasteiger partial charge is 0.260 e. The van der Waals surface area contributed by atoms with Crippen molar-refractivity contribution >= 4 is 40.8 Å². The summed E-state index contributed by atoms with van der Waals surface area (Å²) < 4.78 is 6.84. The molecule has 2 saturated heterocycles. The molecular weight excluding hydrogens is 515 g/mol. The lowest BCUT2D eigenvalue weighted by Crippen LogP contribution is -2.45. The molecule has 9 heteroatoms. The van der Waals surface area contributed by atoms with Crippen LogP contribution in [0.3, 0.4) is 0 Å². The minimum atomic E-state index is -0.172. The molecule has 2 N–H and O–H groups in total. The van der Waals surface area contributed by atoms with E-state index in [4.69, 9.17) is 38.7 Å². The van der Waals surface area contributed by atoms with Gasteiger partial charge in [-0.25, -0.2) is 4.98 Å². The third-order valence-electron chi connectivity index (χ3n) is 7.89. The molecule has 2 fully saturated rings. The summed E-state index contributed by atoms with van der Waals surface area (Å²) in [6.45, 7) is 5.12. The molecule has 36 heavy (non-hydrogen) atoms. The fourth-order valence-electron chi connectivity index (χ4n) is 5.76. The molecule has 1 aromatic heterocycles. The number of rotatable bonds is 4. The van der Waals surface area contributed by atoms with Gasteiger partial charge in [-0.05, 0) is 67.0 Å². The van der Waals surface area contributed by atoms with Crippen molar-refractivity contribution in [3.05, 3.63) is 79.8 Å². The van der Waals surface area contributed by atoms with E-state index in [1.165, 1.54) is 20.6 Å². The first kappa shape index (κ1) is 24.3. The summed E-state index contributed by atoms with van der Waals surface area (Å²) in [6, 6.07) is 13.7. The van der Waals surface area contributed by atoms with E-state index in [1.807, 2.05) is 18.7 Å². The fraction of sp³-hybridized carbons (Fsp3) is 0.407. The normalized spacial score (nSPS) is 21.0. The maximum Gasteiger partial charge on any atom is 0.260 e. The highest BCUT2D eigenvalue weighted by atomic mass is 35.5. The number of ether oxygens (including phenoxy) is 1. The van der Waals surface area contributed by atoms with Crippen LogP contribution in [0.1, 0.15) is 35.8 Å². The van der Waals surface area contributed by atoms with Crippen molar-refractivity contribution in [2.45, 2.75) is 42.4 Å². The van der Waals surface area contributed by atoms with Crippen LogP contribution in [0.25, 0.3) is 5.69 Å². The van der Waals surface area contributed by atoms with Gasteiger partial charge in [-0.1, -0.05) is 35.3 Å². The number of thioether (sulfide) groups is 1. The zero-order valence-electron chi connectivity index (χ0n) is 20.0. The molecule has 1 spiro atoms. The molecule has 1 atom stereocenters. The number of aromatic nitrogens is 2. The SMILES string of the molecule is Cc1nc(N2CCC3(CC2)Cc2ccc(SC4COC4)cc2[C@H]3N)cc(=O)n1-c1cccc(Cl)c1Cl. The minimum absolute atomic E-state index is 0.0282. The molecule has 188 valence electrons. The molecule has 2 aliphatic heterocycles. The number of fused-ring (bicyclic) bond motifs is 1. The maximum atomic E-state index is 13.1. The van der Waals surface area contributed by atoms with E-state index in [2.05, 4.69) is 23.1 Å². The molecular formula is C27H28Cl2N4O2S. The molecule has 0 amide bonds. The maximum absolute atomic E-state index is 13.1. The Hall–Kier alpha value is -2.03. The van der Waals surface area contributed by atoms with Gasteiger partial charge in [0, 0.05) is 30.1 Å². The zero-order valence-corrected chi connectivity index (χ0v) is 22.4. The van der Waals surface area contributed by atoms with Crippen molar-refractivity contribution < 1.29 is 4.74 Å². The molecule has 3 heterocycles. The second kappa shape index (κ2) is 9.37. The first-order chi connectivity index (χ1) is 17.3. The van der Waals surface area contributed by atoms with Crippen molar-refractivity contribution in [2.24, 2.45) is 11.1 Å². The lowest BCUT2D eigenvalue weighted by atomic mass is 9.73. The molecule has 0 bridgehead atoms. The number of hydrogen-bond acceptors (Lipinski definition) is 6. The van der Waals surface area contributed by atoms with Crippen LogP contribution < -0.4 is 16.2 Å². The van der Waals surface area contributed by atoms with Gasteiger partial charge in [0.15, 0.2) is 0 Å². The van der Waals surface area contributed by atoms with Gasteiger partial charge in [0.1, 0.15) is 11.6 Å². The van der Waals surface area contributed by atoms with Crippen LogP contribution in [0, 0.1) is 12.3 Å². The third kappa shape index (κ3) is 4.15. The number of benzene rings is 2. The van der Waals surface area contributed by atoms with Gasteiger partial charge in [-0.15, -0.1) is 11.8 Å². The Morgan fingerprint density at radius 2 is 1.92 bits per heavy atom. The Kier molecular flexibility index (Phi) is 6.33. The van der Waals surface area contributed by atoms with E-state index in [9.17, 15) is 4.79 Å². The van der Waals surface area contributed by atoms with Crippen molar-refractivity contribution in [1.29, 1.82) is 0 Å². The molecule has 2 aromatic carbocycles. The number of hydrogen-bond donors (Lipinski definition) is 1. The average molecular weight is 544 g/mol. The molecule has 0 radical (unpaired) electrons. The van der Waals surface area contributed by atoms with Crippen LogP contribution in [-0.2, 0) is 11.2 Å². The molecule has 3 aromatic rings. The second-order valence-electron chi connectivity index (χ2n) is 10.0. The van der Waals surface area contributed by atoms with E-state index < -0.39 is 0 Å². The molecule has 0 unspecified atom stereocenters. The van der Waals surface area contributed by atoms with Crippen molar-refractivity contribution in [2.75, 3.05) is 31.2 Å². The number of halogens is 2. The standard InChI is InChI=1S/C27H28Cl2N4O2S/c1-16-31-23(12-24(34)33(16)22-4-2-3-21(28)25(22)29)32-9-7-27(8-10-32)13-17-5-6-18(11-20(17)26(27)30)36-19-14-35-15-19/h2-6,11-12,19,26H,7-10,13-15,30H2,1H3/t26-/m1/s1. The largest absolute Gasteiger partial charge is 0.379 e. The van der Waals surface area contributed by atoms with E-state index in [1.54, 1.807) is 24.3 Å². The Morgan fingerprint density at radius 1 is 1.14 bits per heavy atom. The summed E-state index contributed by atoms with van der Waals surface area (Å²) in [5.74, 6) is 1.28. The van der Waals surface area contributed by atoms with Crippen LogP contribution in [0.4, 0.5) is 5.82 Å². The zero-order chi connectivity index (χ0) is 25.0. The van der Waals surface area contributed by atoms with Gasteiger partial charge in [0.25, 0.3) is 5.56 Å². The summed E-state index contributed by atoms with van der Waals surface area (Å²) in [6.07, 6.45) is 2.94. The van der Waals surface area contributed by atoms with Gasteiger partial charge >= 0.3 is 0 Å². The van der Waals surface area contributed by atoms with E-state index >= 15 is 0 Å². The number of nitrogens with zero attached hydrogens (tertiary/aromatic N) is 3. The Bertz CT molecular complexity index is 1380. The Balaban J connectivity index is 1.19. The van der Waals surface area contributed by atoms with Crippen LogP contribution >= 0.6 is 35.0 Å². The Labute approximate surface area is 224 Å². The van der Waals surface area contributed by atoms with E-state index in [0.29, 0.717) is 32.6 Å². The van der Waals surface area contributed by atoms with Crippen LogP contribution in [-0.4, -0.2) is 41.1 Å². The monoisotopic (exact) mass is 542 g/mol. The van der Waals surface area contributed by atoms with Crippen LogP contribution in [0.15, 0.2) is 52.2 Å². The highest BCUT2D eigenvalue weighted by Gasteiger charge is 2.46. The predicted octanol–water partition coefficient (Wildman–Crippen LogP) is 5.18. The summed E-state index contributed by atoms with van der Waals surface area (Å²) in [7, 11) is 0. The van der Waals surface area contributed by atoms with Gasteiger partial charge in [0.05, 0.1) is 34.2 Å². The first-order valence-electron chi connectivity index (χ1n) is 12.3. The minimum Gasteiger partial charge on any atom is -0.379 e.